The van der Waals surface area contributed by atoms with Gasteiger partial charge in [-0.3, -0.25) is 9.48 Å². The Kier molecular flexibility index (Phi) is 3.65. The third-order valence-corrected chi connectivity index (χ3v) is 2.39. The van der Waals surface area contributed by atoms with Crippen molar-refractivity contribution in [3.63, 3.8) is 0 Å². The fourth-order valence-electron chi connectivity index (χ4n) is 1.49. The molecule has 1 aromatic carbocycles. The van der Waals surface area contributed by atoms with Crippen LogP contribution >= 0.6 is 0 Å². The van der Waals surface area contributed by atoms with Crippen LogP contribution in [0.2, 0.25) is 0 Å². The standard InChI is InChI=1S/C12H15N5O2/c1-3-14-11(18)8-4-5-9(13)10(6-8)19-12-15-7-17(2)16-12/h4-7H,3,13H2,1-2H3,(H,14,18). The van der Waals surface area contributed by atoms with E-state index >= 15 is 0 Å². The SMILES string of the molecule is CCNC(=O)c1ccc(N)c(Oc2ncn(C)n2)c1. The van der Waals surface area contributed by atoms with E-state index in [1.807, 2.05) is 6.92 Å². The second-order valence-electron chi connectivity index (χ2n) is 3.91. The van der Waals surface area contributed by atoms with Crippen molar-refractivity contribution in [2.24, 2.45) is 7.05 Å². The maximum Gasteiger partial charge on any atom is 0.341 e. The second-order valence-corrected chi connectivity index (χ2v) is 3.91. The zero-order valence-electron chi connectivity index (χ0n) is 10.8. The lowest BCUT2D eigenvalue weighted by molar-refractivity contribution is 0.0955. The van der Waals surface area contributed by atoms with E-state index in [9.17, 15) is 4.79 Å². The van der Waals surface area contributed by atoms with Gasteiger partial charge in [-0.1, -0.05) is 0 Å². The number of nitrogens with zero attached hydrogens (tertiary/aromatic N) is 3. The summed E-state index contributed by atoms with van der Waals surface area (Å²) < 4.78 is 6.96. The molecule has 1 aromatic heterocycles. The van der Waals surface area contributed by atoms with Crippen LogP contribution in [0.15, 0.2) is 24.5 Å². The first-order valence-corrected chi connectivity index (χ1v) is 5.81. The minimum atomic E-state index is -0.179. The van der Waals surface area contributed by atoms with Gasteiger partial charge in [-0.2, -0.15) is 4.98 Å². The van der Waals surface area contributed by atoms with Crippen LogP contribution in [0.1, 0.15) is 17.3 Å². The Bertz CT molecular complexity index is 594. The Morgan fingerprint density at radius 2 is 2.32 bits per heavy atom. The molecule has 100 valence electrons. The molecule has 0 saturated heterocycles. The van der Waals surface area contributed by atoms with Crippen LogP contribution in [-0.4, -0.2) is 27.2 Å². The number of aryl methyl sites for hydroxylation is 1. The van der Waals surface area contributed by atoms with Gasteiger partial charge in [0.1, 0.15) is 6.33 Å². The molecule has 2 aromatic rings. The molecule has 19 heavy (non-hydrogen) atoms. The topological polar surface area (TPSA) is 95.1 Å². The molecule has 0 atom stereocenters. The third-order valence-electron chi connectivity index (χ3n) is 2.39. The molecule has 1 amide bonds. The Morgan fingerprint density at radius 3 is 2.95 bits per heavy atom. The minimum absolute atomic E-state index is 0.179. The molecule has 0 unspecified atom stereocenters. The molecule has 0 aliphatic rings. The molecule has 0 aliphatic carbocycles. The highest BCUT2D eigenvalue weighted by molar-refractivity contribution is 5.95. The summed E-state index contributed by atoms with van der Waals surface area (Å²) in [5.41, 5.74) is 6.69. The van der Waals surface area contributed by atoms with E-state index in [1.54, 1.807) is 25.2 Å². The maximum atomic E-state index is 11.7. The lowest BCUT2D eigenvalue weighted by Gasteiger charge is -2.07. The van der Waals surface area contributed by atoms with Gasteiger partial charge in [0.15, 0.2) is 5.75 Å². The largest absolute Gasteiger partial charge is 0.421 e. The van der Waals surface area contributed by atoms with Crippen molar-refractivity contribution in [2.45, 2.75) is 6.92 Å². The summed E-state index contributed by atoms with van der Waals surface area (Å²) in [5, 5.41) is 6.69. The highest BCUT2D eigenvalue weighted by Crippen LogP contribution is 2.26. The molecule has 3 N–H and O–H groups in total. The number of benzene rings is 1. The molecular weight excluding hydrogens is 246 g/mol. The Morgan fingerprint density at radius 1 is 1.53 bits per heavy atom. The second kappa shape index (κ2) is 5.38. The van der Waals surface area contributed by atoms with Crippen molar-refractivity contribution in [2.75, 3.05) is 12.3 Å². The minimum Gasteiger partial charge on any atom is -0.421 e. The van der Waals surface area contributed by atoms with Gasteiger partial charge in [0, 0.05) is 19.2 Å². The fraction of sp³-hybridized carbons (Fsp3) is 0.250. The summed E-state index contributed by atoms with van der Waals surface area (Å²) in [5.74, 6) is 0.177. The van der Waals surface area contributed by atoms with Gasteiger partial charge in [0.2, 0.25) is 0 Å². The summed E-state index contributed by atoms with van der Waals surface area (Å²) in [6.45, 7) is 2.41. The van der Waals surface area contributed by atoms with Crippen LogP contribution < -0.4 is 15.8 Å². The van der Waals surface area contributed by atoms with Crippen LogP contribution in [0.4, 0.5) is 5.69 Å². The van der Waals surface area contributed by atoms with Crippen molar-refractivity contribution in [3.05, 3.63) is 30.1 Å². The lowest BCUT2D eigenvalue weighted by Crippen LogP contribution is -2.22. The predicted molar refractivity (Wildman–Crippen MR) is 69.9 cm³/mol. The first-order valence-electron chi connectivity index (χ1n) is 5.81. The summed E-state index contributed by atoms with van der Waals surface area (Å²) in [6, 6.07) is 5.00. The number of nitrogens with one attached hydrogen (secondary N) is 1. The lowest BCUT2D eigenvalue weighted by atomic mass is 10.2. The van der Waals surface area contributed by atoms with Crippen LogP contribution in [0.25, 0.3) is 0 Å². The Hall–Kier alpha value is -2.57. The quantitative estimate of drug-likeness (QED) is 0.798. The summed E-state index contributed by atoms with van der Waals surface area (Å²) in [6.07, 6.45) is 1.51. The van der Waals surface area contributed by atoms with E-state index in [4.69, 9.17) is 10.5 Å². The Labute approximate surface area is 110 Å². The number of aromatic nitrogens is 3. The van der Waals surface area contributed by atoms with E-state index in [1.165, 1.54) is 11.0 Å². The smallest absolute Gasteiger partial charge is 0.341 e. The molecule has 0 bridgehead atoms. The van der Waals surface area contributed by atoms with Crippen LogP contribution in [-0.2, 0) is 7.05 Å². The monoisotopic (exact) mass is 261 g/mol. The molecule has 7 heteroatoms. The van der Waals surface area contributed by atoms with Gasteiger partial charge in [0.25, 0.3) is 5.91 Å². The zero-order valence-corrected chi connectivity index (χ0v) is 10.8. The summed E-state index contributed by atoms with van der Waals surface area (Å²) in [4.78, 5) is 15.7. The number of ether oxygens (including phenoxy) is 1. The number of nitrogens with two attached hydrogens (primary N) is 1. The maximum absolute atomic E-state index is 11.7. The Balaban J connectivity index is 2.24. The van der Waals surface area contributed by atoms with E-state index in [0.717, 1.165) is 0 Å². The first-order chi connectivity index (χ1) is 9.10. The molecule has 0 saturated carbocycles. The van der Waals surface area contributed by atoms with Crippen molar-refractivity contribution in [1.29, 1.82) is 0 Å². The van der Waals surface area contributed by atoms with E-state index in [2.05, 4.69) is 15.4 Å². The average molecular weight is 261 g/mol. The van der Waals surface area contributed by atoms with E-state index < -0.39 is 0 Å². The molecule has 0 spiro atoms. The number of carbonyl (C=O) groups is 1. The van der Waals surface area contributed by atoms with E-state index in [0.29, 0.717) is 23.5 Å². The van der Waals surface area contributed by atoms with Gasteiger partial charge in [0.05, 0.1) is 5.69 Å². The van der Waals surface area contributed by atoms with Gasteiger partial charge >= 0.3 is 6.01 Å². The van der Waals surface area contributed by atoms with Gasteiger partial charge in [-0.25, -0.2) is 0 Å². The molecule has 0 fully saturated rings. The molecule has 7 nitrogen and oxygen atoms in total. The third kappa shape index (κ3) is 3.01. The van der Waals surface area contributed by atoms with Gasteiger partial charge in [-0.05, 0) is 25.1 Å². The predicted octanol–water partition coefficient (Wildman–Crippen LogP) is 0.939. The number of hydrogen-bond acceptors (Lipinski definition) is 5. The highest BCUT2D eigenvalue weighted by Gasteiger charge is 2.10. The number of rotatable bonds is 4. The van der Waals surface area contributed by atoms with Crippen molar-refractivity contribution in [3.8, 4) is 11.8 Å². The van der Waals surface area contributed by atoms with Crippen molar-refractivity contribution in [1.82, 2.24) is 20.1 Å². The van der Waals surface area contributed by atoms with Gasteiger partial charge in [-0.15, -0.1) is 5.10 Å². The molecule has 0 radical (unpaired) electrons. The number of hydrogen-bond donors (Lipinski definition) is 2. The van der Waals surface area contributed by atoms with Crippen LogP contribution in [0.3, 0.4) is 0 Å². The number of amides is 1. The summed E-state index contributed by atoms with van der Waals surface area (Å²) >= 11 is 0. The fourth-order valence-corrected chi connectivity index (χ4v) is 1.49. The zero-order chi connectivity index (χ0) is 13.8. The first kappa shape index (κ1) is 12.9. The number of carbonyl (C=O) groups excluding carboxylic acids is 1. The normalized spacial score (nSPS) is 10.2. The molecule has 1 heterocycles. The van der Waals surface area contributed by atoms with E-state index in [-0.39, 0.29) is 11.9 Å². The molecular formula is C12H15N5O2. The summed E-state index contributed by atoms with van der Waals surface area (Å²) in [7, 11) is 1.73. The highest BCUT2D eigenvalue weighted by atomic mass is 16.5. The number of anilines is 1. The average Bonchev–Trinajstić information content (AvgIpc) is 2.78. The van der Waals surface area contributed by atoms with Crippen LogP contribution in [0.5, 0.6) is 11.8 Å². The van der Waals surface area contributed by atoms with Gasteiger partial charge < -0.3 is 15.8 Å². The molecule has 0 aliphatic heterocycles. The molecule has 2 rings (SSSR count). The van der Waals surface area contributed by atoms with Crippen molar-refractivity contribution < 1.29 is 9.53 Å². The number of nitrogen functional groups attached to an aromatic ring is 1. The van der Waals surface area contributed by atoms with Crippen molar-refractivity contribution >= 4 is 11.6 Å². The van der Waals surface area contributed by atoms with Crippen LogP contribution in [0, 0.1) is 0 Å².